The summed E-state index contributed by atoms with van der Waals surface area (Å²) in [6.07, 6.45) is 1.17. The maximum atomic E-state index is 11.3. The Morgan fingerprint density at radius 1 is 1.38 bits per heavy atom. The van der Waals surface area contributed by atoms with E-state index in [9.17, 15) is 9.90 Å². The molecule has 2 unspecified atom stereocenters. The van der Waals surface area contributed by atoms with Gasteiger partial charge in [0, 0.05) is 4.90 Å². The van der Waals surface area contributed by atoms with E-state index in [-0.39, 0.29) is 0 Å². The molecular weight excluding hydrogens is 224 g/mol. The van der Waals surface area contributed by atoms with Crippen LogP contribution in [0.25, 0.3) is 0 Å². The zero-order chi connectivity index (χ0) is 12.1. The van der Waals surface area contributed by atoms with Gasteiger partial charge in [-0.2, -0.15) is 0 Å². The molecular formula is C12H16O3S. The van der Waals surface area contributed by atoms with Crippen LogP contribution in [0.15, 0.2) is 29.2 Å². The van der Waals surface area contributed by atoms with Crippen molar-refractivity contribution in [2.75, 3.05) is 13.4 Å². The van der Waals surface area contributed by atoms with Crippen LogP contribution in [0.4, 0.5) is 0 Å². The van der Waals surface area contributed by atoms with E-state index in [4.69, 9.17) is 0 Å². The van der Waals surface area contributed by atoms with Crippen LogP contribution in [-0.2, 0) is 9.53 Å². The van der Waals surface area contributed by atoms with E-state index in [0.717, 1.165) is 10.5 Å². The van der Waals surface area contributed by atoms with E-state index < -0.39 is 18.0 Å². The van der Waals surface area contributed by atoms with E-state index in [1.807, 2.05) is 30.5 Å². The molecule has 0 bridgehead atoms. The van der Waals surface area contributed by atoms with Crippen LogP contribution in [-0.4, -0.2) is 24.4 Å². The van der Waals surface area contributed by atoms with Gasteiger partial charge in [0.05, 0.1) is 19.1 Å². The third-order valence-corrected chi connectivity index (χ3v) is 3.25. The monoisotopic (exact) mass is 240 g/mol. The number of thioether (sulfide) groups is 1. The van der Waals surface area contributed by atoms with Gasteiger partial charge in [-0.3, -0.25) is 4.79 Å². The molecule has 1 aromatic rings. The lowest BCUT2D eigenvalue weighted by atomic mass is 9.98. The highest BCUT2D eigenvalue weighted by molar-refractivity contribution is 7.98. The average molecular weight is 240 g/mol. The lowest BCUT2D eigenvalue weighted by Gasteiger charge is -2.17. The predicted molar refractivity (Wildman–Crippen MR) is 64.4 cm³/mol. The highest BCUT2D eigenvalue weighted by Gasteiger charge is 2.23. The Kier molecular flexibility index (Phi) is 4.83. The number of rotatable bonds is 4. The number of aliphatic hydroxyl groups excluding tert-OH is 1. The van der Waals surface area contributed by atoms with E-state index in [1.165, 1.54) is 7.11 Å². The fourth-order valence-corrected chi connectivity index (χ4v) is 1.81. The number of methoxy groups -OCH3 is 1. The molecule has 88 valence electrons. The molecule has 0 spiro atoms. The minimum absolute atomic E-state index is 0.401. The van der Waals surface area contributed by atoms with Crippen LogP contribution < -0.4 is 0 Å². The van der Waals surface area contributed by atoms with Gasteiger partial charge in [-0.25, -0.2) is 0 Å². The van der Waals surface area contributed by atoms with Gasteiger partial charge < -0.3 is 9.84 Å². The zero-order valence-electron chi connectivity index (χ0n) is 9.64. The number of benzene rings is 1. The molecule has 0 aliphatic heterocycles. The third kappa shape index (κ3) is 3.00. The van der Waals surface area contributed by atoms with Crippen molar-refractivity contribution in [3.05, 3.63) is 29.8 Å². The third-order valence-electron chi connectivity index (χ3n) is 2.50. The molecule has 16 heavy (non-hydrogen) atoms. The molecule has 0 amide bonds. The van der Waals surface area contributed by atoms with Gasteiger partial charge in [0.25, 0.3) is 0 Å². The van der Waals surface area contributed by atoms with Crippen molar-refractivity contribution in [1.82, 2.24) is 0 Å². The van der Waals surface area contributed by atoms with Crippen LogP contribution in [0.3, 0.4) is 0 Å². The number of ether oxygens (including phenoxy) is 1. The summed E-state index contributed by atoms with van der Waals surface area (Å²) in [5, 5.41) is 9.95. The van der Waals surface area contributed by atoms with Crippen LogP contribution in [0.1, 0.15) is 18.6 Å². The molecule has 2 atom stereocenters. The van der Waals surface area contributed by atoms with Crippen LogP contribution in [0.5, 0.6) is 0 Å². The Labute approximate surface area is 99.8 Å². The van der Waals surface area contributed by atoms with Gasteiger partial charge in [0.15, 0.2) is 0 Å². The largest absolute Gasteiger partial charge is 0.469 e. The fraction of sp³-hybridized carbons (Fsp3) is 0.417. The maximum absolute atomic E-state index is 11.3. The van der Waals surface area contributed by atoms with Crippen molar-refractivity contribution < 1.29 is 14.6 Å². The van der Waals surface area contributed by atoms with E-state index in [1.54, 1.807) is 18.7 Å². The quantitative estimate of drug-likeness (QED) is 0.647. The van der Waals surface area contributed by atoms with Crippen molar-refractivity contribution >= 4 is 17.7 Å². The SMILES string of the molecule is COC(=O)C(C)C(O)c1ccc(SC)cc1. The highest BCUT2D eigenvalue weighted by Crippen LogP contribution is 2.24. The molecule has 1 rings (SSSR count). The molecule has 1 aromatic carbocycles. The molecule has 0 radical (unpaired) electrons. The topological polar surface area (TPSA) is 46.5 Å². The Morgan fingerprint density at radius 2 is 1.94 bits per heavy atom. The first-order valence-electron chi connectivity index (χ1n) is 5.00. The summed E-state index contributed by atoms with van der Waals surface area (Å²) in [4.78, 5) is 12.4. The van der Waals surface area contributed by atoms with Crippen molar-refractivity contribution in [2.24, 2.45) is 5.92 Å². The van der Waals surface area contributed by atoms with E-state index >= 15 is 0 Å². The first-order valence-corrected chi connectivity index (χ1v) is 6.22. The molecule has 0 aromatic heterocycles. The van der Waals surface area contributed by atoms with Crippen LogP contribution >= 0.6 is 11.8 Å². The number of hydrogen-bond acceptors (Lipinski definition) is 4. The highest BCUT2D eigenvalue weighted by atomic mass is 32.2. The van der Waals surface area contributed by atoms with Gasteiger partial charge in [-0.15, -0.1) is 11.8 Å². The lowest BCUT2D eigenvalue weighted by Crippen LogP contribution is -2.20. The zero-order valence-corrected chi connectivity index (χ0v) is 10.5. The summed E-state index contributed by atoms with van der Waals surface area (Å²) in [7, 11) is 1.32. The van der Waals surface area contributed by atoms with Crippen molar-refractivity contribution in [3.63, 3.8) is 0 Å². The summed E-state index contributed by atoms with van der Waals surface area (Å²) in [6.45, 7) is 1.65. The lowest BCUT2D eigenvalue weighted by molar-refractivity contribution is -0.148. The second-order valence-corrected chi connectivity index (χ2v) is 4.41. The second-order valence-electron chi connectivity index (χ2n) is 3.53. The standard InChI is InChI=1S/C12H16O3S/c1-8(12(14)15-2)11(13)9-4-6-10(16-3)7-5-9/h4-8,11,13H,1-3H3. The molecule has 3 nitrogen and oxygen atoms in total. The fourth-order valence-electron chi connectivity index (χ4n) is 1.40. The average Bonchev–Trinajstić information content (AvgIpc) is 2.36. The molecule has 0 heterocycles. The Morgan fingerprint density at radius 3 is 2.38 bits per heavy atom. The summed E-state index contributed by atoms with van der Waals surface area (Å²) in [5.41, 5.74) is 0.732. The Hall–Kier alpha value is -1.00. The van der Waals surface area contributed by atoms with Crippen molar-refractivity contribution in [3.8, 4) is 0 Å². The van der Waals surface area contributed by atoms with Crippen molar-refractivity contribution in [2.45, 2.75) is 17.9 Å². The smallest absolute Gasteiger partial charge is 0.311 e. The van der Waals surface area contributed by atoms with Gasteiger partial charge in [0.1, 0.15) is 0 Å². The maximum Gasteiger partial charge on any atom is 0.311 e. The van der Waals surface area contributed by atoms with Gasteiger partial charge in [0.2, 0.25) is 0 Å². The number of esters is 1. The number of aliphatic hydroxyl groups is 1. The first-order chi connectivity index (χ1) is 7.60. The van der Waals surface area contributed by atoms with Crippen molar-refractivity contribution in [1.29, 1.82) is 0 Å². The molecule has 4 heteroatoms. The van der Waals surface area contributed by atoms with E-state index in [0.29, 0.717) is 0 Å². The Balaban J connectivity index is 2.79. The Bertz CT molecular complexity index is 348. The normalized spacial score (nSPS) is 14.2. The van der Waals surface area contributed by atoms with E-state index in [2.05, 4.69) is 4.74 Å². The number of hydrogen-bond donors (Lipinski definition) is 1. The van der Waals surface area contributed by atoms with Gasteiger partial charge in [-0.05, 0) is 30.9 Å². The molecule has 0 saturated carbocycles. The minimum atomic E-state index is -0.816. The molecule has 1 N–H and O–H groups in total. The first kappa shape index (κ1) is 13.1. The summed E-state index contributed by atoms with van der Waals surface area (Å²) >= 11 is 1.64. The molecule has 0 fully saturated rings. The minimum Gasteiger partial charge on any atom is -0.469 e. The molecule has 0 aliphatic carbocycles. The number of carbonyl (C=O) groups is 1. The van der Waals surface area contributed by atoms with Gasteiger partial charge >= 0.3 is 5.97 Å². The summed E-state index contributed by atoms with van der Waals surface area (Å²) in [5.74, 6) is -0.952. The molecule has 0 aliphatic rings. The second kappa shape index (κ2) is 5.92. The predicted octanol–water partition coefficient (Wildman–Crippen LogP) is 2.25. The number of carbonyl (C=O) groups excluding carboxylic acids is 1. The van der Waals surface area contributed by atoms with Crippen LogP contribution in [0, 0.1) is 5.92 Å². The molecule has 0 saturated heterocycles. The van der Waals surface area contributed by atoms with Gasteiger partial charge in [-0.1, -0.05) is 12.1 Å². The summed E-state index contributed by atoms with van der Waals surface area (Å²) in [6, 6.07) is 7.51. The van der Waals surface area contributed by atoms with Crippen LogP contribution in [0.2, 0.25) is 0 Å². The summed E-state index contributed by atoms with van der Waals surface area (Å²) < 4.78 is 4.60.